The topological polar surface area (TPSA) is 29.5 Å². The molecule has 3 heteroatoms. The zero-order valence-electron chi connectivity index (χ0n) is 13.7. The monoisotopic (exact) mass is 307 g/mol. The predicted octanol–water partition coefficient (Wildman–Crippen LogP) is 3.80. The number of carbonyl (C=O) groups excluding carboxylic acids is 1. The number of hydrogen-bond acceptors (Lipinski definition) is 3. The number of fused-ring (bicyclic) bond motifs is 5. The number of hydrogen-bond donors (Lipinski definition) is 0. The Morgan fingerprint density at radius 2 is 2.04 bits per heavy atom. The summed E-state index contributed by atoms with van der Waals surface area (Å²) in [5, 5.41) is 2.53. The first-order valence-corrected chi connectivity index (χ1v) is 8.30. The van der Waals surface area contributed by atoms with E-state index >= 15 is 0 Å². The van der Waals surface area contributed by atoms with Gasteiger partial charge in [0.2, 0.25) is 0 Å². The summed E-state index contributed by atoms with van der Waals surface area (Å²) in [5.74, 6) is 1.24. The van der Waals surface area contributed by atoms with Gasteiger partial charge in [0, 0.05) is 24.2 Å². The Labute approximate surface area is 136 Å². The van der Waals surface area contributed by atoms with Crippen molar-refractivity contribution in [3.05, 3.63) is 47.0 Å². The molecular formula is C20H21NO2. The Bertz CT molecular complexity index is 835. The van der Waals surface area contributed by atoms with Crippen molar-refractivity contribution < 1.29 is 9.53 Å². The lowest BCUT2D eigenvalue weighted by molar-refractivity contribution is -0.119. The summed E-state index contributed by atoms with van der Waals surface area (Å²) in [5.41, 5.74) is 5.29. The van der Waals surface area contributed by atoms with Crippen LogP contribution in [-0.2, 0) is 11.2 Å². The van der Waals surface area contributed by atoms with Gasteiger partial charge < -0.3 is 9.64 Å². The van der Waals surface area contributed by atoms with Gasteiger partial charge in [0.05, 0.1) is 13.7 Å². The number of Topliss-reactive ketones (excluding diaryl/α,β-unsaturated/α-hetero) is 1. The van der Waals surface area contributed by atoms with Crippen LogP contribution < -0.4 is 4.74 Å². The molecule has 2 aliphatic heterocycles. The van der Waals surface area contributed by atoms with Crippen LogP contribution in [0, 0.1) is 0 Å². The van der Waals surface area contributed by atoms with Gasteiger partial charge >= 0.3 is 0 Å². The summed E-state index contributed by atoms with van der Waals surface area (Å²) >= 11 is 0. The molecule has 0 unspecified atom stereocenters. The van der Waals surface area contributed by atoms with Gasteiger partial charge in [0.15, 0.2) is 5.78 Å². The Morgan fingerprint density at radius 3 is 2.83 bits per heavy atom. The molecule has 2 aromatic rings. The fraction of sp³-hybridized carbons (Fsp3) is 0.350. The third kappa shape index (κ3) is 2.23. The first kappa shape index (κ1) is 14.3. The standard InChI is InChI=1S/C20H21NO2/c1-3-13-10-15(22)12-21-9-8-17-18(20(13)21)7-5-14-4-6-16(23-2)11-19(14)17/h4-7,11H,3,8-10,12H2,1-2H3. The summed E-state index contributed by atoms with van der Waals surface area (Å²) < 4.78 is 5.41. The van der Waals surface area contributed by atoms with Gasteiger partial charge in [-0.05, 0) is 46.9 Å². The Morgan fingerprint density at radius 1 is 1.22 bits per heavy atom. The van der Waals surface area contributed by atoms with Gasteiger partial charge in [0.1, 0.15) is 5.75 Å². The quantitative estimate of drug-likeness (QED) is 0.845. The van der Waals surface area contributed by atoms with Crippen LogP contribution in [0.15, 0.2) is 35.9 Å². The maximum Gasteiger partial charge on any atom is 0.156 e. The van der Waals surface area contributed by atoms with E-state index in [1.807, 2.05) is 6.07 Å². The number of methoxy groups -OCH3 is 1. The molecule has 118 valence electrons. The van der Waals surface area contributed by atoms with Crippen molar-refractivity contribution in [1.29, 1.82) is 0 Å². The molecule has 0 atom stereocenters. The number of rotatable bonds is 2. The molecule has 0 N–H and O–H groups in total. The smallest absolute Gasteiger partial charge is 0.156 e. The van der Waals surface area contributed by atoms with E-state index < -0.39 is 0 Å². The van der Waals surface area contributed by atoms with E-state index in [0.29, 0.717) is 18.7 Å². The van der Waals surface area contributed by atoms with E-state index in [0.717, 1.165) is 25.1 Å². The number of ether oxygens (including phenoxy) is 1. The van der Waals surface area contributed by atoms with E-state index in [1.54, 1.807) is 7.11 Å². The Balaban J connectivity index is 1.97. The normalized spacial score (nSPS) is 17.3. The highest BCUT2D eigenvalue weighted by molar-refractivity contribution is 5.95. The summed E-state index contributed by atoms with van der Waals surface area (Å²) in [6.07, 6.45) is 2.53. The van der Waals surface area contributed by atoms with Gasteiger partial charge in [-0.25, -0.2) is 0 Å². The highest BCUT2D eigenvalue weighted by Gasteiger charge is 2.30. The highest BCUT2D eigenvalue weighted by Crippen LogP contribution is 2.39. The van der Waals surface area contributed by atoms with Crippen LogP contribution in [0.4, 0.5) is 0 Å². The van der Waals surface area contributed by atoms with Crippen molar-refractivity contribution in [3.8, 4) is 5.75 Å². The lowest BCUT2D eigenvalue weighted by Gasteiger charge is -2.38. The van der Waals surface area contributed by atoms with E-state index in [1.165, 1.54) is 33.2 Å². The van der Waals surface area contributed by atoms with Gasteiger partial charge in [-0.2, -0.15) is 0 Å². The van der Waals surface area contributed by atoms with Crippen molar-refractivity contribution in [2.45, 2.75) is 26.2 Å². The molecule has 0 saturated carbocycles. The fourth-order valence-electron chi connectivity index (χ4n) is 3.96. The molecule has 23 heavy (non-hydrogen) atoms. The fourth-order valence-corrected chi connectivity index (χ4v) is 3.96. The minimum absolute atomic E-state index is 0.344. The van der Waals surface area contributed by atoms with Crippen molar-refractivity contribution in [1.82, 2.24) is 4.90 Å². The minimum atomic E-state index is 0.344. The SMILES string of the molecule is CCC1=C2c3ccc4ccc(OC)cc4c3CCN2CC(=O)C1. The highest BCUT2D eigenvalue weighted by atomic mass is 16.5. The van der Waals surface area contributed by atoms with E-state index in [-0.39, 0.29) is 0 Å². The second kappa shape index (κ2) is 5.41. The van der Waals surface area contributed by atoms with Crippen molar-refractivity contribution in [2.75, 3.05) is 20.2 Å². The second-order valence-electron chi connectivity index (χ2n) is 6.37. The molecule has 0 spiro atoms. The van der Waals surface area contributed by atoms with Crippen molar-refractivity contribution in [2.24, 2.45) is 0 Å². The zero-order chi connectivity index (χ0) is 16.0. The number of carbonyl (C=O) groups is 1. The molecule has 2 heterocycles. The molecule has 0 aliphatic carbocycles. The van der Waals surface area contributed by atoms with Gasteiger partial charge in [-0.15, -0.1) is 0 Å². The van der Waals surface area contributed by atoms with Crippen LogP contribution in [0.1, 0.15) is 30.9 Å². The molecule has 0 amide bonds. The predicted molar refractivity (Wildman–Crippen MR) is 92.6 cm³/mol. The lowest BCUT2D eigenvalue weighted by atomic mass is 9.85. The van der Waals surface area contributed by atoms with Gasteiger partial charge in [0.25, 0.3) is 0 Å². The minimum Gasteiger partial charge on any atom is -0.497 e. The molecule has 0 aromatic heterocycles. The average molecular weight is 307 g/mol. The third-order valence-electron chi connectivity index (χ3n) is 5.08. The molecule has 0 saturated heterocycles. The summed E-state index contributed by atoms with van der Waals surface area (Å²) in [7, 11) is 1.71. The van der Waals surface area contributed by atoms with Crippen LogP contribution in [0.25, 0.3) is 16.5 Å². The first-order valence-electron chi connectivity index (χ1n) is 8.30. The van der Waals surface area contributed by atoms with Crippen LogP contribution in [-0.4, -0.2) is 30.9 Å². The molecule has 2 aliphatic rings. The number of allylic oxidation sites excluding steroid dienone is 1. The summed E-state index contributed by atoms with van der Waals surface area (Å²) in [6, 6.07) is 10.7. The number of benzene rings is 2. The van der Waals surface area contributed by atoms with Gasteiger partial charge in [-0.1, -0.05) is 25.1 Å². The molecule has 0 bridgehead atoms. The zero-order valence-corrected chi connectivity index (χ0v) is 13.7. The second-order valence-corrected chi connectivity index (χ2v) is 6.37. The number of ketones is 1. The van der Waals surface area contributed by atoms with Crippen LogP contribution >= 0.6 is 0 Å². The van der Waals surface area contributed by atoms with E-state index in [2.05, 4.69) is 36.1 Å². The Kier molecular flexibility index (Phi) is 3.37. The molecule has 2 aromatic carbocycles. The summed E-state index contributed by atoms with van der Waals surface area (Å²) in [4.78, 5) is 14.3. The van der Waals surface area contributed by atoms with Gasteiger partial charge in [-0.3, -0.25) is 4.79 Å². The van der Waals surface area contributed by atoms with Crippen molar-refractivity contribution in [3.63, 3.8) is 0 Å². The molecular weight excluding hydrogens is 286 g/mol. The third-order valence-corrected chi connectivity index (χ3v) is 5.08. The maximum absolute atomic E-state index is 12.0. The lowest BCUT2D eigenvalue weighted by Crippen LogP contribution is -2.38. The van der Waals surface area contributed by atoms with Crippen LogP contribution in [0.5, 0.6) is 5.75 Å². The average Bonchev–Trinajstić information content (AvgIpc) is 2.59. The maximum atomic E-state index is 12.0. The van der Waals surface area contributed by atoms with Crippen molar-refractivity contribution >= 4 is 22.3 Å². The number of nitrogens with zero attached hydrogens (tertiary/aromatic N) is 1. The molecule has 3 nitrogen and oxygen atoms in total. The molecule has 4 rings (SSSR count). The van der Waals surface area contributed by atoms with Crippen LogP contribution in [0.2, 0.25) is 0 Å². The first-order chi connectivity index (χ1) is 11.2. The summed E-state index contributed by atoms with van der Waals surface area (Å²) in [6.45, 7) is 3.64. The van der Waals surface area contributed by atoms with E-state index in [9.17, 15) is 4.79 Å². The molecule has 0 fully saturated rings. The Hall–Kier alpha value is -2.29. The molecule has 0 radical (unpaired) electrons. The van der Waals surface area contributed by atoms with Crippen LogP contribution in [0.3, 0.4) is 0 Å². The van der Waals surface area contributed by atoms with E-state index in [4.69, 9.17) is 4.74 Å². The largest absolute Gasteiger partial charge is 0.497 e.